The number of aryl methyl sites for hydroxylation is 1. The number of carbonyl (C=O) groups excluding carboxylic acids is 2. The van der Waals surface area contributed by atoms with Gasteiger partial charge >= 0.3 is 29.6 Å². The van der Waals surface area contributed by atoms with Gasteiger partial charge in [-0.05, 0) is 37.6 Å². The molecular formula is C16H15FNNaO3S. The summed E-state index contributed by atoms with van der Waals surface area (Å²) in [5.74, 6) is -2.27. The molecule has 0 radical (unpaired) electrons. The van der Waals surface area contributed by atoms with Gasteiger partial charge in [0.25, 0.3) is 0 Å². The maximum Gasteiger partial charge on any atom is 1.00 e. The molecule has 1 heterocycles. The first-order valence-corrected chi connectivity index (χ1v) is 7.52. The van der Waals surface area contributed by atoms with Gasteiger partial charge in [-0.25, -0.2) is 4.39 Å². The van der Waals surface area contributed by atoms with Crippen LogP contribution in [0.5, 0.6) is 0 Å². The van der Waals surface area contributed by atoms with Crippen molar-refractivity contribution in [1.29, 1.82) is 0 Å². The van der Waals surface area contributed by atoms with Gasteiger partial charge in [-0.3, -0.25) is 4.79 Å². The fourth-order valence-electron chi connectivity index (χ4n) is 2.20. The Morgan fingerprint density at radius 2 is 1.91 bits per heavy atom. The van der Waals surface area contributed by atoms with E-state index in [1.165, 1.54) is 42.5 Å². The van der Waals surface area contributed by atoms with Crippen molar-refractivity contribution in [3.8, 4) is 0 Å². The van der Waals surface area contributed by atoms with Crippen molar-refractivity contribution < 1.29 is 48.6 Å². The number of carboxylic acid groups (broad SMARTS) is 1. The zero-order chi connectivity index (χ0) is 16.3. The normalized spacial score (nSPS) is 12.8. The van der Waals surface area contributed by atoms with E-state index in [0.29, 0.717) is 11.3 Å². The number of carbonyl (C=O) groups is 2. The fourth-order valence-corrected chi connectivity index (χ4v) is 2.83. The summed E-state index contributed by atoms with van der Waals surface area (Å²) in [5.41, 5.74) is -0.315. The van der Waals surface area contributed by atoms with Crippen LogP contribution in [0.25, 0.3) is 0 Å². The molecule has 0 bridgehead atoms. The van der Waals surface area contributed by atoms with E-state index >= 15 is 0 Å². The number of amides is 1. The summed E-state index contributed by atoms with van der Waals surface area (Å²) < 4.78 is 13.1. The third-order valence-corrected chi connectivity index (χ3v) is 4.33. The van der Waals surface area contributed by atoms with Crippen LogP contribution in [0.2, 0.25) is 0 Å². The first-order chi connectivity index (χ1) is 10.3. The van der Waals surface area contributed by atoms with Crippen LogP contribution >= 0.6 is 11.3 Å². The molecule has 4 nitrogen and oxygen atoms in total. The second-order valence-corrected chi connectivity index (χ2v) is 6.40. The predicted molar refractivity (Wildman–Crippen MR) is 81.1 cm³/mol. The van der Waals surface area contributed by atoms with Crippen LogP contribution in [0.1, 0.15) is 23.8 Å². The summed E-state index contributed by atoms with van der Waals surface area (Å²) in [4.78, 5) is 24.7. The van der Waals surface area contributed by atoms with Gasteiger partial charge < -0.3 is 15.2 Å². The summed E-state index contributed by atoms with van der Waals surface area (Å²) in [6.45, 7) is 3.41. The zero-order valence-corrected chi connectivity index (χ0v) is 16.0. The second kappa shape index (κ2) is 8.06. The van der Waals surface area contributed by atoms with Crippen molar-refractivity contribution in [3.05, 3.63) is 52.0 Å². The largest absolute Gasteiger partial charge is 1.00 e. The van der Waals surface area contributed by atoms with Crippen molar-refractivity contribution in [1.82, 2.24) is 0 Å². The van der Waals surface area contributed by atoms with E-state index in [2.05, 4.69) is 5.32 Å². The topological polar surface area (TPSA) is 69.2 Å². The van der Waals surface area contributed by atoms with Crippen LogP contribution in [-0.4, -0.2) is 11.9 Å². The number of hydrogen-bond donors (Lipinski definition) is 1. The summed E-state index contributed by atoms with van der Waals surface area (Å²) >= 11 is 1.48. The molecule has 7 heteroatoms. The predicted octanol–water partition coefficient (Wildman–Crippen LogP) is -0.764. The third kappa shape index (κ3) is 4.88. The summed E-state index contributed by atoms with van der Waals surface area (Å²) in [7, 11) is 0. The molecule has 0 aliphatic rings. The van der Waals surface area contributed by atoms with Gasteiger partial charge in [0.2, 0.25) is 5.91 Å². The van der Waals surface area contributed by atoms with Crippen LogP contribution in [0.3, 0.4) is 0 Å². The minimum atomic E-state index is -1.34. The van der Waals surface area contributed by atoms with E-state index in [-0.39, 0.29) is 29.6 Å². The van der Waals surface area contributed by atoms with Crippen LogP contribution in [0.4, 0.5) is 10.1 Å². The van der Waals surface area contributed by atoms with Crippen molar-refractivity contribution in [3.63, 3.8) is 0 Å². The number of carboxylic acids is 1. The van der Waals surface area contributed by atoms with Crippen molar-refractivity contribution in [2.45, 2.75) is 25.7 Å². The second-order valence-electron chi connectivity index (χ2n) is 5.29. The van der Waals surface area contributed by atoms with Gasteiger partial charge in [0.1, 0.15) is 5.82 Å². The SMILES string of the molecule is Cc1cc(NC(=O)C(C)(CC(=O)[O-])c2ccc(F)cc2)cs1.[Na+]. The molecule has 1 amide bonds. The monoisotopic (exact) mass is 343 g/mol. The Kier molecular flexibility index (Phi) is 6.95. The van der Waals surface area contributed by atoms with Gasteiger partial charge in [-0.1, -0.05) is 12.1 Å². The molecule has 1 aromatic carbocycles. The molecule has 0 saturated heterocycles. The van der Waals surface area contributed by atoms with Crippen LogP contribution < -0.4 is 40.0 Å². The standard InChI is InChI=1S/C16H16FNO3S.Na/c1-10-7-13(9-22-10)18-15(21)16(2,8-14(19)20)11-3-5-12(17)6-4-11;/h3-7,9H,8H2,1-2H3,(H,18,21)(H,19,20);/q;+1/p-1. The molecular weight excluding hydrogens is 328 g/mol. The molecule has 2 aromatic rings. The molecule has 0 aliphatic heterocycles. The van der Waals surface area contributed by atoms with Crippen molar-refractivity contribution in [2.24, 2.45) is 0 Å². The number of nitrogens with one attached hydrogen (secondary N) is 1. The molecule has 0 saturated carbocycles. The van der Waals surface area contributed by atoms with Gasteiger partial charge in [0, 0.05) is 22.6 Å². The fraction of sp³-hybridized carbons (Fsp3) is 0.250. The third-order valence-electron chi connectivity index (χ3n) is 3.47. The van der Waals surface area contributed by atoms with E-state index < -0.39 is 29.5 Å². The van der Waals surface area contributed by atoms with Crippen LogP contribution in [0.15, 0.2) is 35.7 Å². The minimum Gasteiger partial charge on any atom is -0.550 e. The number of rotatable bonds is 5. The van der Waals surface area contributed by atoms with Crippen LogP contribution in [-0.2, 0) is 15.0 Å². The molecule has 1 unspecified atom stereocenters. The zero-order valence-electron chi connectivity index (χ0n) is 13.2. The first-order valence-electron chi connectivity index (χ1n) is 6.64. The minimum absolute atomic E-state index is 0. The van der Waals surface area contributed by atoms with E-state index in [1.54, 1.807) is 11.4 Å². The smallest absolute Gasteiger partial charge is 0.550 e. The molecule has 1 N–H and O–H groups in total. The Morgan fingerprint density at radius 1 is 1.30 bits per heavy atom. The molecule has 0 fully saturated rings. The average molecular weight is 343 g/mol. The summed E-state index contributed by atoms with van der Waals surface area (Å²) in [5, 5.41) is 15.5. The van der Waals surface area contributed by atoms with E-state index in [9.17, 15) is 19.1 Å². The quantitative estimate of drug-likeness (QED) is 0.726. The molecule has 116 valence electrons. The molecule has 23 heavy (non-hydrogen) atoms. The number of hydrogen-bond acceptors (Lipinski definition) is 4. The Balaban J connectivity index is 0.00000264. The van der Waals surface area contributed by atoms with Crippen molar-refractivity contribution in [2.75, 3.05) is 5.32 Å². The van der Waals surface area contributed by atoms with Gasteiger partial charge in [0.05, 0.1) is 11.1 Å². The Bertz CT molecular complexity index is 702. The van der Waals surface area contributed by atoms with Crippen LogP contribution in [0, 0.1) is 12.7 Å². The van der Waals surface area contributed by atoms with E-state index in [0.717, 1.165) is 4.88 Å². The number of thiophene rings is 1. The number of anilines is 1. The molecule has 0 spiro atoms. The average Bonchev–Trinajstić information content (AvgIpc) is 2.83. The maximum atomic E-state index is 13.1. The summed E-state index contributed by atoms with van der Waals surface area (Å²) in [6, 6.07) is 7.02. The number of halogens is 1. The van der Waals surface area contributed by atoms with Crippen molar-refractivity contribution >= 4 is 28.9 Å². The van der Waals surface area contributed by atoms with E-state index in [1.807, 2.05) is 6.92 Å². The molecule has 1 aromatic heterocycles. The number of aliphatic carboxylic acids is 1. The van der Waals surface area contributed by atoms with Gasteiger partial charge in [-0.2, -0.15) is 0 Å². The van der Waals surface area contributed by atoms with Gasteiger partial charge in [-0.15, -0.1) is 11.3 Å². The van der Waals surface area contributed by atoms with Gasteiger partial charge in [0.15, 0.2) is 0 Å². The Hall–Kier alpha value is -1.21. The Morgan fingerprint density at radius 3 is 2.39 bits per heavy atom. The summed E-state index contributed by atoms with van der Waals surface area (Å²) in [6.07, 6.45) is -0.492. The molecule has 0 aliphatic carbocycles. The Labute approximate surface area is 160 Å². The first kappa shape index (κ1) is 19.8. The maximum absolute atomic E-state index is 13.1. The van der Waals surface area contributed by atoms with E-state index in [4.69, 9.17) is 0 Å². The number of benzene rings is 1. The molecule has 1 atom stereocenters. The molecule has 2 rings (SSSR count).